The first-order chi connectivity index (χ1) is 6.86. The molecule has 1 N–H and O–H groups in total. The monoisotopic (exact) mass is 195 g/mol. The number of amides is 2. The normalized spacial score (nSPS) is 16.9. The minimum atomic E-state index is 0.0318. The maximum atomic E-state index is 11.3. The Labute approximate surface area is 81.9 Å². The molecule has 6 nitrogen and oxygen atoms in total. The van der Waals surface area contributed by atoms with Crippen LogP contribution in [0.2, 0.25) is 0 Å². The predicted molar refractivity (Wildman–Crippen MR) is 49.6 cm³/mol. The van der Waals surface area contributed by atoms with E-state index in [0.29, 0.717) is 6.54 Å². The molecule has 0 atom stereocenters. The van der Waals surface area contributed by atoms with Crippen molar-refractivity contribution in [3.8, 4) is 0 Å². The van der Waals surface area contributed by atoms with Gasteiger partial charge in [-0.05, 0) is 6.42 Å². The molecule has 1 aromatic heterocycles. The van der Waals surface area contributed by atoms with E-state index >= 15 is 0 Å². The lowest BCUT2D eigenvalue weighted by Gasteiger charge is -2.27. The minimum Gasteiger partial charge on any atom is -0.338 e. The third-order valence-electron chi connectivity index (χ3n) is 2.26. The zero-order valence-electron chi connectivity index (χ0n) is 7.89. The standard InChI is InChI=1S/C8H13N5O/c14-8-9-2-1-3-13(8)5-4-12-6-10-11-7-12/h6-7H,1-5H2,(H,9,14). The van der Waals surface area contributed by atoms with Gasteiger partial charge in [0, 0.05) is 26.2 Å². The average molecular weight is 195 g/mol. The molecule has 1 saturated heterocycles. The predicted octanol–water partition coefficient (Wildman–Crippen LogP) is -0.307. The van der Waals surface area contributed by atoms with Crippen LogP contribution >= 0.6 is 0 Å². The molecule has 0 unspecified atom stereocenters. The van der Waals surface area contributed by atoms with Crippen LogP contribution in [0.5, 0.6) is 0 Å². The number of carbonyl (C=O) groups is 1. The Morgan fingerprint density at radius 2 is 2.14 bits per heavy atom. The lowest BCUT2D eigenvalue weighted by Crippen LogP contribution is -2.47. The molecule has 0 bridgehead atoms. The number of urea groups is 1. The van der Waals surface area contributed by atoms with Crippen molar-refractivity contribution in [1.82, 2.24) is 25.0 Å². The van der Waals surface area contributed by atoms with E-state index in [1.54, 1.807) is 12.7 Å². The van der Waals surface area contributed by atoms with E-state index in [-0.39, 0.29) is 6.03 Å². The van der Waals surface area contributed by atoms with Gasteiger partial charge in [-0.25, -0.2) is 4.79 Å². The summed E-state index contributed by atoms with van der Waals surface area (Å²) in [6.07, 6.45) is 4.33. The van der Waals surface area contributed by atoms with Gasteiger partial charge in [-0.2, -0.15) is 0 Å². The van der Waals surface area contributed by atoms with E-state index in [1.807, 2.05) is 9.47 Å². The van der Waals surface area contributed by atoms with Crippen LogP contribution in [-0.4, -0.2) is 45.3 Å². The van der Waals surface area contributed by atoms with Gasteiger partial charge in [0.05, 0.1) is 0 Å². The minimum absolute atomic E-state index is 0.0318. The Kier molecular flexibility index (Phi) is 2.62. The van der Waals surface area contributed by atoms with Crippen LogP contribution in [0.4, 0.5) is 4.79 Å². The van der Waals surface area contributed by atoms with Crippen LogP contribution in [0.3, 0.4) is 0 Å². The molecule has 1 fully saturated rings. The molecule has 2 heterocycles. The number of rotatable bonds is 3. The van der Waals surface area contributed by atoms with Crippen molar-refractivity contribution < 1.29 is 4.79 Å². The molecule has 0 saturated carbocycles. The largest absolute Gasteiger partial charge is 0.338 e. The van der Waals surface area contributed by atoms with E-state index in [0.717, 1.165) is 26.1 Å². The van der Waals surface area contributed by atoms with E-state index in [1.165, 1.54) is 0 Å². The van der Waals surface area contributed by atoms with Gasteiger partial charge in [-0.15, -0.1) is 10.2 Å². The van der Waals surface area contributed by atoms with Crippen molar-refractivity contribution in [3.63, 3.8) is 0 Å². The maximum absolute atomic E-state index is 11.3. The summed E-state index contributed by atoms with van der Waals surface area (Å²) in [6.45, 7) is 3.10. The lowest BCUT2D eigenvalue weighted by molar-refractivity contribution is 0.184. The Hall–Kier alpha value is -1.59. The fourth-order valence-electron chi connectivity index (χ4n) is 1.47. The maximum Gasteiger partial charge on any atom is 0.317 e. The molecule has 76 valence electrons. The highest BCUT2D eigenvalue weighted by Crippen LogP contribution is 1.99. The van der Waals surface area contributed by atoms with Gasteiger partial charge in [0.2, 0.25) is 0 Å². The van der Waals surface area contributed by atoms with Gasteiger partial charge >= 0.3 is 6.03 Å². The summed E-state index contributed by atoms with van der Waals surface area (Å²) in [5.74, 6) is 0. The quantitative estimate of drug-likeness (QED) is 0.719. The van der Waals surface area contributed by atoms with Gasteiger partial charge in [0.15, 0.2) is 0 Å². The molecule has 14 heavy (non-hydrogen) atoms. The zero-order chi connectivity index (χ0) is 9.80. The number of aromatic nitrogens is 3. The van der Waals surface area contributed by atoms with Crippen LogP contribution in [0.1, 0.15) is 6.42 Å². The zero-order valence-corrected chi connectivity index (χ0v) is 7.89. The molecular formula is C8H13N5O. The SMILES string of the molecule is O=C1NCCCN1CCn1cnnc1. The summed E-state index contributed by atoms with van der Waals surface area (Å²) < 4.78 is 1.86. The summed E-state index contributed by atoms with van der Waals surface area (Å²) >= 11 is 0. The molecule has 0 radical (unpaired) electrons. The summed E-state index contributed by atoms with van der Waals surface area (Å²) in [6, 6.07) is 0.0318. The Morgan fingerprint density at radius 3 is 2.86 bits per heavy atom. The van der Waals surface area contributed by atoms with Crippen molar-refractivity contribution in [1.29, 1.82) is 0 Å². The van der Waals surface area contributed by atoms with Gasteiger partial charge in [-0.1, -0.05) is 0 Å². The fourth-order valence-corrected chi connectivity index (χ4v) is 1.47. The number of nitrogens with one attached hydrogen (secondary N) is 1. The molecule has 0 aromatic carbocycles. The van der Waals surface area contributed by atoms with Crippen molar-refractivity contribution in [2.75, 3.05) is 19.6 Å². The molecule has 1 aliphatic rings. The Bertz CT molecular complexity index is 297. The van der Waals surface area contributed by atoms with Crippen molar-refractivity contribution in [3.05, 3.63) is 12.7 Å². The molecule has 2 amide bonds. The van der Waals surface area contributed by atoms with E-state index < -0.39 is 0 Å². The van der Waals surface area contributed by atoms with E-state index in [4.69, 9.17) is 0 Å². The lowest BCUT2D eigenvalue weighted by atomic mass is 10.3. The van der Waals surface area contributed by atoms with Crippen LogP contribution < -0.4 is 5.32 Å². The fraction of sp³-hybridized carbons (Fsp3) is 0.625. The van der Waals surface area contributed by atoms with Gasteiger partial charge in [-0.3, -0.25) is 0 Å². The molecule has 6 heteroatoms. The second kappa shape index (κ2) is 4.08. The summed E-state index contributed by atoms with van der Waals surface area (Å²) in [5.41, 5.74) is 0. The number of nitrogens with zero attached hydrogens (tertiary/aromatic N) is 4. The second-order valence-corrected chi connectivity index (χ2v) is 3.27. The van der Waals surface area contributed by atoms with Crippen LogP contribution in [-0.2, 0) is 6.54 Å². The summed E-state index contributed by atoms with van der Waals surface area (Å²) in [5, 5.41) is 10.2. The number of hydrogen-bond donors (Lipinski definition) is 1. The first kappa shape index (κ1) is 8.98. The molecule has 0 aliphatic carbocycles. The first-order valence-corrected chi connectivity index (χ1v) is 4.71. The van der Waals surface area contributed by atoms with Crippen molar-refractivity contribution in [2.24, 2.45) is 0 Å². The Morgan fingerprint density at radius 1 is 1.36 bits per heavy atom. The highest BCUT2D eigenvalue weighted by atomic mass is 16.2. The smallest absolute Gasteiger partial charge is 0.317 e. The molecular weight excluding hydrogens is 182 g/mol. The molecule has 1 aliphatic heterocycles. The summed E-state index contributed by atoms with van der Waals surface area (Å²) in [7, 11) is 0. The Balaban J connectivity index is 1.82. The van der Waals surface area contributed by atoms with E-state index in [9.17, 15) is 4.79 Å². The first-order valence-electron chi connectivity index (χ1n) is 4.71. The van der Waals surface area contributed by atoms with Crippen molar-refractivity contribution in [2.45, 2.75) is 13.0 Å². The van der Waals surface area contributed by atoms with Gasteiger partial charge in [0.25, 0.3) is 0 Å². The highest BCUT2D eigenvalue weighted by Gasteiger charge is 2.16. The van der Waals surface area contributed by atoms with Crippen LogP contribution in [0.25, 0.3) is 0 Å². The molecule has 1 aromatic rings. The molecule has 2 rings (SSSR count). The third-order valence-corrected chi connectivity index (χ3v) is 2.26. The van der Waals surface area contributed by atoms with Crippen LogP contribution in [0.15, 0.2) is 12.7 Å². The third kappa shape index (κ3) is 2.01. The number of hydrogen-bond acceptors (Lipinski definition) is 3. The highest BCUT2D eigenvalue weighted by molar-refractivity contribution is 5.74. The van der Waals surface area contributed by atoms with Gasteiger partial charge < -0.3 is 14.8 Å². The average Bonchev–Trinajstić information content (AvgIpc) is 2.69. The van der Waals surface area contributed by atoms with Crippen LogP contribution in [0, 0.1) is 0 Å². The second-order valence-electron chi connectivity index (χ2n) is 3.27. The van der Waals surface area contributed by atoms with E-state index in [2.05, 4.69) is 15.5 Å². The molecule has 0 spiro atoms. The number of carbonyl (C=O) groups excluding carboxylic acids is 1. The van der Waals surface area contributed by atoms with Crippen molar-refractivity contribution >= 4 is 6.03 Å². The topological polar surface area (TPSA) is 63.1 Å². The summed E-state index contributed by atoms with van der Waals surface area (Å²) in [4.78, 5) is 13.1. The van der Waals surface area contributed by atoms with Gasteiger partial charge in [0.1, 0.15) is 12.7 Å².